The first-order chi connectivity index (χ1) is 18.6. The monoisotopic (exact) mass is 548 g/mol. The minimum Gasteiger partial charge on any atom is -0.493 e. The number of pyridine rings is 1. The van der Waals surface area contributed by atoms with Crippen LogP contribution in [0.25, 0.3) is 10.9 Å². The minimum atomic E-state index is -4.60. The van der Waals surface area contributed by atoms with Crippen LogP contribution in [0.4, 0.5) is 23.2 Å². The first-order valence-corrected chi connectivity index (χ1v) is 11.7. The third-order valence-corrected chi connectivity index (χ3v) is 5.40. The first kappa shape index (κ1) is 27.5. The van der Waals surface area contributed by atoms with Crippen molar-refractivity contribution < 1.29 is 41.3 Å². The Bertz CT molecular complexity index is 1490. The second kappa shape index (κ2) is 11.5. The second-order valence-corrected chi connectivity index (χ2v) is 8.24. The largest absolute Gasteiger partial charge is 0.493 e. The third kappa shape index (κ3) is 6.48. The highest BCUT2D eigenvalue weighted by Gasteiger charge is 2.30. The summed E-state index contributed by atoms with van der Waals surface area (Å²) in [6, 6.07) is 8.55. The van der Waals surface area contributed by atoms with Crippen LogP contribution in [0.15, 0.2) is 48.8 Å². The van der Waals surface area contributed by atoms with E-state index in [4.69, 9.17) is 18.9 Å². The van der Waals surface area contributed by atoms with Crippen LogP contribution in [0, 0.1) is 5.82 Å². The third-order valence-electron chi connectivity index (χ3n) is 5.40. The van der Waals surface area contributed by atoms with Crippen LogP contribution in [-0.2, 0) is 6.54 Å². The lowest BCUT2D eigenvalue weighted by Crippen LogP contribution is -2.21. The SMILES string of the molecule is CCCn1cc(OCC(F)(F)F)c(C(=O)Nc2ccc(Oc3ccnc4cc(OC)c(OC)cc34)c(F)c2)n1. The average Bonchev–Trinajstić information content (AvgIpc) is 3.31. The van der Waals surface area contributed by atoms with Crippen LogP contribution in [0.2, 0.25) is 0 Å². The summed E-state index contributed by atoms with van der Waals surface area (Å²) in [5.74, 6) is -0.954. The van der Waals surface area contributed by atoms with Crippen LogP contribution in [0.1, 0.15) is 23.8 Å². The number of aryl methyl sites for hydroxylation is 1. The molecule has 9 nitrogen and oxygen atoms in total. The molecule has 1 amide bonds. The quantitative estimate of drug-likeness (QED) is 0.244. The fourth-order valence-electron chi connectivity index (χ4n) is 3.68. The number of nitrogens with one attached hydrogen (secondary N) is 1. The summed E-state index contributed by atoms with van der Waals surface area (Å²) in [5.41, 5.74) is 0.198. The molecule has 0 saturated heterocycles. The zero-order valence-corrected chi connectivity index (χ0v) is 21.1. The topological polar surface area (TPSA) is 96.7 Å². The molecule has 0 bridgehead atoms. The number of alkyl halides is 3. The van der Waals surface area contributed by atoms with Crippen molar-refractivity contribution >= 4 is 22.5 Å². The molecule has 1 N–H and O–H groups in total. The Kier molecular flexibility index (Phi) is 8.07. The number of aromatic nitrogens is 3. The number of carbonyl (C=O) groups excluding carboxylic acids is 1. The van der Waals surface area contributed by atoms with Gasteiger partial charge in [-0.3, -0.25) is 14.5 Å². The van der Waals surface area contributed by atoms with Gasteiger partial charge < -0.3 is 24.3 Å². The van der Waals surface area contributed by atoms with E-state index in [9.17, 15) is 22.4 Å². The van der Waals surface area contributed by atoms with Gasteiger partial charge in [-0.2, -0.15) is 18.3 Å². The number of methoxy groups -OCH3 is 2. The normalized spacial score (nSPS) is 11.4. The first-order valence-electron chi connectivity index (χ1n) is 11.7. The zero-order valence-electron chi connectivity index (χ0n) is 21.1. The molecule has 39 heavy (non-hydrogen) atoms. The van der Waals surface area contributed by atoms with Crippen molar-refractivity contribution in [3.8, 4) is 28.7 Å². The van der Waals surface area contributed by atoms with Gasteiger partial charge in [-0.1, -0.05) is 6.92 Å². The molecule has 2 aromatic heterocycles. The van der Waals surface area contributed by atoms with Gasteiger partial charge in [0.1, 0.15) is 5.75 Å². The summed E-state index contributed by atoms with van der Waals surface area (Å²) in [5, 5.41) is 6.99. The lowest BCUT2D eigenvalue weighted by Gasteiger charge is -2.13. The highest BCUT2D eigenvalue weighted by Crippen LogP contribution is 2.37. The number of rotatable bonds is 10. The number of nitrogens with zero attached hydrogens (tertiary/aromatic N) is 3. The Morgan fingerprint density at radius 1 is 1.00 bits per heavy atom. The maximum Gasteiger partial charge on any atom is 0.422 e. The van der Waals surface area contributed by atoms with Crippen LogP contribution in [-0.4, -0.2) is 47.7 Å². The van der Waals surface area contributed by atoms with Crippen LogP contribution in [0.3, 0.4) is 0 Å². The number of benzene rings is 2. The van der Waals surface area contributed by atoms with Gasteiger partial charge in [-0.15, -0.1) is 0 Å². The van der Waals surface area contributed by atoms with E-state index in [1.54, 1.807) is 18.2 Å². The van der Waals surface area contributed by atoms with Crippen LogP contribution < -0.4 is 24.3 Å². The summed E-state index contributed by atoms with van der Waals surface area (Å²) < 4.78 is 75.4. The van der Waals surface area contributed by atoms with Gasteiger partial charge in [0.15, 0.2) is 41.1 Å². The standard InChI is InChI=1S/C26H24F4N4O5/c1-4-9-34-13-23(38-14-26(28,29)30)24(33-34)25(35)32-15-5-6-20(17(27)10-15)39-19-7-8-31-18-12-22(37-3)21(36-2)11-16(18)19/h5-8,10-13H,4,9,14H2,1-3H3,(H,32,35). The highest BCUT2D eigenvalue weighted by atomic mass is 19.4. The van der Waals surface area contributed by atoms with E-state index < -0.39 is 24.5 Å². The molecule has 0 saturated carbocycles. The number of carbonyl (C=O) groups is 1. The molecule has 0 spiro atoms. The fourth-order valence-corrected chi connectivity index (χ4v) is 3.68. The lowest BCUT2D eigenvalue weighted by atomic mass is 10.2. The molecule has 13 heteroatoms. The van der Waals surface area contributed by atoms with E-state index in [-0.39, 0.29) is 22.9 Å². The number of anilines is 1. The Balaban J connectivity index is 1.55. The average molecular weight is 548 g/mol. The number of hydrogen-bond acceptors (Lipinski definition) is 7. The minimum absolute atomic E-state index is 0.0302. The molecule has 0 aliphatic heterocycles. The number of hydrogen-bond donors (Lipinski definition) is 1. The highest BCUT2D eigenvalue weighted by molar-refractivity contribution is 6.04. The van der Waals surface area contributed by atoms with Gasteiger partial charge in [0, 0.05) is 35.9 Å². The van der Waals surface area contributed by atoms with Crippen molar-refractivity contribution in [2.45, 2.75) is 26.1 Å². The molecule has 0 aliphatic carbocycles. The van der Waals surface area contributed by atoms with E-state index >= 15 is 0 Å². The number of ether oxygens (including phenoxy) is 4. The Labute approximate surface area is 220 Å². The molecule has 2 heterocycles. The van der Waals surface area contributed by atoms with Gasteiger partial charge >= 0.3 is 6.18 Å². The van der Waals surface area contributed by atoms with Gasteiger partial charge in [-0.05, 0) is 30.7 Å². The lowest BCUT2D eigenvalue weighted by molar-refractivity contribution is -0.153. The number of amides is 1. The van der Waals surface area contributed by atoms with Crippen LogP contribution >= 0.6 is 0 Å². The van der Waals surface area contributed by atoms with E-state index in [1.807, 2.05) is 6.92 Å². The maximum atomic E-state index is 15.0. The van der Waals surface area contributed by atoms with E-state index in [1.165, 1.54) is 43.4 Å². The molecule has 4 rings (SSSR count). The molecule has 206 valence electrons. The van der Waals surface area contributed by atoms with Gasteiger partial charge in [0.05, 0.1) is 25.9 Å². The Morgan fingerprint density at radius 2 is 1.74 bits per heavy atom. The molecular weight excluding hydrogens is 524 g/mol. The predicted molar refractivity (Wildman–Crippen MR) is 133 cm³/mol. The summed E-state index contributed by atoms with van der Waals surface area (Å²) >= 11 is 0. The molecule has 0 radical (unpaired) electrons. The maximum absolute atomic E-state index is 15.0. The van der Waals surface area contributed by atoms with Crippen LogP contribution in [0.5, 0.6) is 28.7 Å². The second-order valence-electron chi connectivity index (χ2n) is 8.24. The van der Waals surface area contributed by atoms with Gasteiger partial charge in [0.25, 0.3) is 5.91 Å². The molecule has 2 aromatic carbocycles. The van der Waals surface area contributed by atoms with E-state index in [2.05, 4.69) is 15.4 Å². The molecule has 0 aliphatic rings. The summed E-state index contributed by atoms with van der Waals surface area (Å²) in [7, 11) is 2.97. The fraction of sp³-hybridized carbons (Fsp3) is 0.269. The van der Waals surface area contributed by atoms with Crippen molar-refractivity contribution in [3.63, 3.8) is 0 Å². The molecule has 0 atom stereocenters. The Hall–Kier alpha value is -4.55. The van der Waals surface area contributed by atoms with E-state index in [0.29, 0.717) is 41.1 Å². The van der Waals surface area contributed by atoms with Crippen molar-refractivity contribution in [3.05, 3.63) is 60.3 Å². The molecule has 0 unspecified atom stereocenters. The van der Waals surface area contributed by atoms with Crippen molar-refractivity contribution in [1.82, 2.24) is 14.8 Å². The van der Waals surface area contributed by atoms with Crippen molar-refractivity contribution in [1.29, 1.82) is 0 Å². The zero-order chi connectivity index (χ0) is 28.2. The number of fused-ring (bicyclic) bond motifs is 1. The van der Waals surface area contributed by atoms with E-state index in [0.717, 1.165) is 6.07 Å². The van der Waals surface area contributed by atoms with Crippen molar-refractivity contribution in [2.75, 3.05) is 26.1 Å². The Morgan fingerprint density at radius 3 is 2.41 bits per heavy atom. The van der Waals surface area contributed by atoms with Gasteiger partial charge in [0.2, 0.25) is 0 Å². The molecule has 4 aromatic rings. The summed E-state index contributed by atoms with van der Waals surface area (Å²) in [6.07, 6.45) is -1.27. The molecular formula is C26H24F4N4O5. The summed E-state index contributed by atoms with van der Waals surface area (Å²) in [4.78, 5) is 17.1. The van der Waals surface area contributed by atoms with Crippen molar-refractivity contribution in [2.24, 2.45) is 0 Å². The predicted octanol–water partition coefficient (Wildman–Crippen LogP) is 5.98. The number of halogens is 4. The summed E-state index contributed by atoms with van der Waals surface area (Å²) in [6.45, 7) is 0.610. The molecule has 0 fully saturated rings. The smallest absolute Gasteiger partial charge is 0.422 e. The van der Waals surface area contributed by atoms with Gasteiger partial charge in [-0.25, -0.2) is 4.39 Å².